The number of hydrogen-bond acceptors (Lipinski definition) is 6. The van der Waals surface area contributed by atoms with Crippen LogP contribution in [-0.4, -0.2) is 30.1 Å². The Kier molecular flexibility index (Phi) is 7.55. The van der Waals surface area contributed by atoms with Gasteiger partial charge in [0.1, 0.15) is 23.0 Å². The van der Waals surface area contributed by atoms with Crippen molar-refractivity contribution in [2.45, 2.75) is 52.9 Å². The van der Waals surface area contributed by atoms with Gasteiger partial charge in [0, 0.05) is 18.1 Å². The molecule has 0 radical (unpaired) electrons. The molecular formula is C25H30O6. The lowest BCUT2D eigenvalue weighted by molar-refractivity contribution is -0.135. The smallest absolute Gasteiger partial charge is 0.311 e. The first-order valence-corrected chi connectivity index (χ1v) is 10.8. The molecule has 0 saturated carbocycles. The van der Waals surface area contributed by atoms with Crippen molar-refractivity contribution in [1.29, 1.82) is 0 Å². The largest absolute Gasteiger partial charge is 0.507 e. The van der Waals surface area contributed by atoms with Gasteiger partial charge >= 0.3 is 5.97 Å². The SMILES string of the molecule is Cc1c(OCCCCOc2ccc3c(c2)OC(=O)CC3)ccc(C(=O)CC(C)C)c1O. The van der Waals surface area contributed by atoms with Gasteiger partial charge in [0.15, 0.2) is 5.78 Å². The quantitative estimate of drug-likeness (QED) is 0.249. The van der Waals surface area contributed by atoms with Gasteiger partial charge in [-0.1, -0.05) is 19.9 Å². The molecule has 3 rings (SSSR count). The fourth-order valence-electron chi connectivity index (χ4n) is 3.46. The maximum absolute atomic E-state index is 12.2. The molecule has 0 spiro atoms. The summed E-state index contributed by atoms with van der Waals surface area (Å²) >= 11 is 0. The van der Waals surface area contributed by atoms with E-state index in [4.69, 9.17) is 14.2 Å². The Morgan fingerprint density at radius 1 is 1.10 bits per heavy atom. The summed E-state index contributed by atoms with van der Waals surface area (Å²) in [7, 11) is 0. The molecule has 166 valence electrons. The van der Waals surface area contributed by atoms with Gasteiger partial charge < -0.3 is 19.3 Å². The second-order valence-corrected chi connectivity index (χ2v) is 8.25. The Balaban J connectivity index is 1.43. The average molecular weight is 427 g/mol. The zero-order chi connectivity index (χ0) is 22.4. The van der Waals surface area contributed by atoms with Gasteiger partial charge in [0.05, 0.1) is 25.2 Å². The van der Waals surface area contributed by atoms with Crippen LogP contribution in [0.5, 0.6) is 23.0 Å². The number of hydrogen-bond donors (Lipinski definition) is 1. The fraction of sp³-hybridized carbons (Fsp3) is 0.440. The van der Waals surface area contributed by atoms with Gasteiger partial charge in [-0.2, -0.15) is 0 Å². The van der Waals surface area contributed by atoms with E-state index in [0.717, 1.165) is 18.4 Å². The summed E-state index contributed by atoms with van der Waals surface area (Å²) in [4.78, 5) is 23.7. The summed E-state index contributed by atoms with van der Waals surface area (Å²) in [6, 6.07) is 8.97. The van der Waals surface area contributed by atoms with E-state index in [0.29, 0.717) is 60.9 Å². The molecule has 0 saturated heterocycles. The van der Waals surface area contributed by atoms with Gasteiger partial charge in [0.2, 0.25) is 0 Å². The zero-order valence-electron chi connectivity index (χ0n) is 18.4. The maximum atomic E-state index is 12.2. The normalized spacial score (nSPS) is 13.0. The van der Waals surface area contributed by atoms with Crippen LogP contribution in [0.4, 0.5) is 0 Å². The predicted molar refractivity (Wildman–Crippen MR) is 117 cm³/mol. The van der Waals surface area contributed by atoms with Crippen molar-refractivity contribution in [3.63, 3.8) is 0 Å². The summed E-state index contributed by atoms with van der Waals surface area (Å²) in [6.07, 6.45) is 3.08. The maximum Gasteiger partial charge on any atom is 0.311 e. The number of aromatic hydroxyl groups is 1. The molecule has 0 fully saturated rings. The van der Waals surface area contributed by atoms with Crippen LogP contribution in [0.1, 0.15) is 61.0 Å². The van der Waals surface area contributed by atoms with E-state index >= 15 is 0 Å². The van der Waals surface area contributed by atoms with Crippen molar-refractivity contribution in [3.05, 3.63) is 47.0 Å². The van der Waals surface area contributed by atoms with E-state index in [-0.39, 0.29) is 23.4 Å². The molecule has 1 aliphatic heterocycles. The lowest BCUT2D eigenvalue weighted by Gasteiger charge is -2.16. The molecular weight excluding hydrogens is 396 g/mol. The molecule has 0 bridgehead atoms. The average Bonchev–Trinajstić information content (AvgIpc) is 2.72. The molecule has 1 aliphatic rings. The first-order valence-electron chi connectivity index (χ1n) is 10.8. The summed E-state index contributed by atoms with van der Waals surface area (Å²) < 4.78 is 16.8. The number of carbonyl (C=O) groups is 2. The number of ether oxygens (including phenoxy) is 3. The lowest BCUT2D eigenvalue weighted by atomic mass is 9.98. The first kappa shape index (κ1) is 22.7. The number of ketones is 1. The number of esters is 1. The molecule has 0 aromatic heterocycles. The van der Waals surface area contributed by atoms with Gasteiger partial charge in [-0.15, -0.1) is 0 Å². The highest BCUT2D eigenvalue weighted by molar-refractivity contribution is 5.99. The molecule has 0 atom stereocenters. The summed E-state index contributed by atoms with van der Waals surface area (Å²) in [5.74, 6) is 1.81. The van der Waals surface area contributed by atoms with Crippen molar-refractivity contribution in [2.24, 2.45) is 5.92 Å². The van der Waals surface area contributed by atoms with Crippen molar-refractivity contribution in [2.75, 3.05) is 13.2 Å². The van der Waals surface area contributed by atoms with Crippen molar-refractivity contribution < 1.29 is 28.9 Å². The Morgan fingerprint density at radius 2 is 1.84 bits per heavy atom. The van der Waals surface area contributed by atoms with E-state index in [1.165, 1.54) is 0 Å². The number of benzene rings is 2. The Bertz CT molecular complexity index is 947. The Morgan fingerprint density at radius 3 is 2.58 bits per heavy atom. The Labute approximate surface area is 183 Å². The molecule has 0 unspecified atom stereocenters. The highest BCUT2D eigenvalue weighted by Gasteiger charge is 2.18. The minimum absolute atomic E-state index is 0.000376. The summed E-state index contributed by atoms with van der Waals surface area (Å²) in [5.41, 5.74) is 1.95. The first-order chi connectivity index (χ1) is 14.8. The lowest BCUT2D eigenvalue weighted by Crippen LogP contribution is -2.15. The third kappa shape index (κ3) is 6.00. The third-order valence-electron chi connectivity index (χ3n) is 5.20. The van der Waals surface area contributed by atoms with E-state index in [2.05, 4.69) is 0 Å². The standard InChI is InChI=1S/C25H30O6/c1-16(2)14-21(26)20-9-10-22(17(3)25(20)28)30-13-5-4-12-29-19-8-6-18-7-11-24(27)31-23(18)15-19/h6,8-10,15-16,28H,4-5,7,11-14H2,1-3H3. The van der Waals surface area contributed by atoms with E-state index < -0.39 is 0 Å². The third-order valence-corrected chi connectivity index (χ3v) is 5.20. The van der Waals surface area contributed by atoms with Gasteiger partial charge in [0.25, 0.3) is 0 Å². The second kappa shape index (κ2) is 10.3. The number of phenolic OH excluding ortho intramolecular Hbond substituents is 1. The van der Waals surface area contributed by atoms with E-state index in [9.17, 15) is 14.7 Å². The van der Waals surface area contributed by atoms with Crippen LogP contribution in [0, 0.1) is 12.8 Å². The second-order valence-electron chi connectivity index (χ2n) is 8.25. The molecule has 31 heavy (non-hydrogen) atoms. The molecule has 6 nitrogen and oxygen atoms in total. The Hall–Kier alpha value is -3.02. The van der Waals surface area contributed by atoms with Crippen molar-refractivity contribution in [3.8, 4) is 23.0 Å². The van der Waals surface area contributed by atoms with Gasteiger partial charge in [-0.3, -0.25) is 9.59 Å². The molecule has 6 heteroatoms. The summed E-state index contributed by atoms with van der Waals surface area (Å²) in [6.45, 7) is 6.70. The number of Topliss-reactive ketones (excluding diaryl/α,β-unsaturated/α-hetero) is 1. The van der Waals surface area contributed by atoms with E-state index in [1.54, 1.807) is 25.1 Å². The van der Waals surface area contributed by atoms with Crippen molar-refractivity contribution >= 4 is 11.8 Å². The summed E-state index contributed by atoms with van der Waals surface area (Å²) in [5, 5.41) is 10.4. The number of unbranched alkanes of at least 4 members (excludes halogenated alkanes) is 1. The van der Waals surface area contributed by atoms with Gasteiger partial charge in [-0.25, -0.2) is 0 Å². The van der Waals surface area contributed by atoms with Crippen LogP contribution >= 0.6 is 0 Å². The predicted octanol–water partition coefficient (Wildman–Crippen LogP) is 5.02. The highest BCUT2D eigenvalue weighted by atomic mass is 16.5. The number of aryl methyl sites for hydroxylation is 1. The zero-order valence-corrected chi connectivity index (χ0v) is 18.4. The number of carbonyl (C=O) groups excluding carboxylic acids is 2. The minimum atomic E-state index is -0.208. The molecule has 0 aliphatic carbocycles. The van der Waals surface area contributed by atoms with E-state index in [1.807, 2.05) is 26.0 Å². The van der Waals surface area contributed by atoms with Crippen LogP contribution in [0.25, 0.3) is 0 Å². The van der Waals surface area contributed by atoms with Crippen LogP contribution < -0.4 is 14.2 Å². The number of fused-ring (bicyclic) bond motifs is 1. The monoisotopic (exact) mass is 426 g/mol. The molecule has 1 N–H and O–H groups in total. The molecule has 0 amide bonds. The molecule has 2 aromatic carbocycles. The molecule has 2 aromatic rings. The highest BCUT2D eigenvalue weighted by Crippen LogP contribution is 2.32. The topological polar surface area (TPSA) is 82.1 Å². The number of rotatable bonds is 10. The van der Waals surface area contributed by atoms with Crippen LogP contribution in [-0.2, 0) is 11.2 Å². The fourth-order valence-corrected chi connectivity index (χ4v) is 3.46. The van der Waals surface area contributed by atoms with Crippen LogP contribution in [0.2, 0.25) is 0 Å². The molecule has 1 heterocycles. The minimum Gasteiger partial charge on any atom is -0.507 e. The van der Waals surface area contributed by atoms with Crippen molar-refractivity contribution in [1.82, 2.24) is 0 Å². The number of phenols is 1. The van der Waals surface area contributed by atoms with Crippen LogP contribution in [0.3, 0.4) is 0 Å². The van der Waals surface area contributed by atoms with Gasteiger partial charge in [-0.05, 0) is 55.9 Å². The van der Waals surface area contributed by atoms with Crippen LogP contribution in [0.15, 0.2) is 30.3 Å².